The molecule has 0 bridgehead atoms. The molecule has 6 nitrogen and oxygen atoms in total. The summed E-state index contributed by atoms with van der Waals surface area (Å²) in [4.78, 5) is 29.5. The van der Waals surface area contributed by atoms with Crippen molar-refractivity contribution in [3.63, 3.8) is 0 Å². The normalized spacial score (nSPS) is 20.8. The Morgan fingerprint density at radius 3 is 2.35 bits per heavy atom. The van der Waals surface area contributed by atoms with Gasteiger partial charge in [-0.1, -0.05) is 17.7 Å². The molecule has 2 aliphatic rings. The van der Waals surface area contributed by atoms with Crippen molar-refractivity contribution in [1.29, 1.82) is 0 Å². The second-order valence-electron chi connectivity index (χ2n) is 8.84. The summed E-state index contributed by atoms with van der Waals surface area (Å²) in [6, 6.07) is 10.3. The molecular weight excluding hydrogens is 466 g/mol. The van der Waals surface area contributed by atoms with Crippen LogP contribution in [-0.4, -0.2) is 67.6 Å². The number of benzene rings is 2. The van der Waals surface area contributed by atoms with Crippen LogP contribution in [0.2, 0.25) is 5.02 Å². The molecule has 0 aliphatic carbocycles. The summed E-state index contributed by atoms with van der Waals surface area (Å²) in [6.07, 6.45) is 1.38. The molecule has 2 amide bonds. The predicted molar refractivity (Wildman–Crippen MR) is 123 cm³/mol. The highest BCUT2D eigenvalue weighted by Crippen LogP contribution is 2.36. The van der Waals surface area contributed by atoms with Crippen molar-refractivity contribution < 1.29 is 27.8 Å². The van der Waals surface area contributed by atoms with Crippen LogP contribution in [-0.2, 0) is 9.53 Å². The fourth-order valence-corrected chi connectivity index (χ4v) is 4.69. The Morgan fingerprint density at radius 1 is 1.00 bits per heavy atom. The number of ether oxygens (including phenoxy) is 2. The fraction of sp³-hybridized carbons (Fsp3) is 0.440. The second-order valence-corrected chi connectivity index (χ2v) is 9.28. The standard InChI is InChI=1S/C25H27ClF2N2O4/c26-18-5-7-19(8-6-18)34-17-25(15-22(31)29-11-13-33-14-12-29)9-2-10-30(16-25)24(32)23-20(27)3-1-4-21(23)28/h1,3-8H,2,9-17H2/t25-/m1/s1. The van der Waals surface area contributed by atoms with E-state index < -0.39 is 28.5 Å². The zero-order chi connectivity index (χ0) is 24.1. The minimum absolute atomic E-state index is 0.0469. The summed E-state index contributed by atoms with van der Waals surface area (Å²) in [7, 11) is 0. The lowest BCUT2D eigenvalue weighted by molar-refractivity contribution is -0.139. The first-order valence-electron chi connectivity index (χ1n) is 11.3. The molecule has 182 valence electrons. The van der Waals surface area contributed by atoms with Gasteiger partial charge in [-0.25, -0.2) is 8.78 Å². The lowest BCUT2D eigenvalue weighted by atomic mass is 9.77. The monoisotopic (exact) mass is 492 g/mol. The van der Waals surface area contributed by atoms with Gasteiger partial charge in [-0.3, -0.25) is 9.59 Å². The summed E-state index contributed by atoms with van der Waals surface area (Å²) in [5.41, 5.74) is -1.28. The molecule has 2 aromatic rings. The molecule has 0 spiro atoms. The van der Waals surface area contributed by atoms with Gasteiger partial charge in [-0.15, -0.1) is 0 Å². The van der Waals surface area contributed by atoms with E-state index in [-0.39, 0.29) is 25.5 Å². The lowest BCUT2D eigenvalue weighted by Gasteiger charge is -2.43. The smallest absolute Gasteiger partial charge is 0.259 e. The highest BCUT2D eigenvalue weighted by Gasteiger charge is 2.42. The van der Waals surface area contributed by atoms with E-state index in [0.29, 0.717) is 56.5 Å². The van der Waals surface area contributed by atoms with Gasteiger partial charge in [0.25, 0.3) is 5.91 Å². The molecule has 0 N–H and O–H groups in total. The van der Waals surface area contributed by atoms with Crippen LogP contribution in [0.1, 0.15) is 29.6 Å². The summed E-state index contributed by atoms with van der Waals surface area (Å²) in [5, 5.41) is 0.575. The molecule has 4 rings (SSSR count). The first-order valence-corrected chi connectivity index (χ1v) is 11.7. The average Bonchev–Trinajstić information content (AvgIpc) is 2.84. The summed E-state index contributed by atoms with van der Waals surface area (Å²) in [6.45, 7) is 2.67. The van der Waals surface area contributed by atoms with Crippen molar-refractivity contribution in [2.75, 3.05) is 46.0 Å². The molecule has 1 atom stereocenters. The number of hydrogen-bond acceptors (Lipinski definition) is 4. The van der Waals surface area contributed by atoms with Crippen molar-refractivity contribution in [3.8, 4) is 5.75 Å². The highest BCUT2D eigenvalue weighted by molar-refractivity contribution is 6.30. The fourth-order valence-electron chi connectivity index (χ4n) is 4.57. The molecule has 2 aliphatic heterocycles. The Kier molecular flexibility index (Phi) is 7.68. The minimum atomic E-state index is -0.900. The number of piperidine rings is 1. The SMILES string of the molecule is O=C(C[C@]1(COc2ccc(Cl)cc2)CCCN(C(=O)c2c(F)cccc2F)C1)N1CCOCC1. The first-order chi connectivity index (χ1) is 16.4. The van der Waals surface area contributed by atoms with Gasteiger partial charge in [-0.05, 0) is 49.2 Å². The third kappa shape index (κ3) is 5.67. The molecule has 2 saturated heterocycles. The number of carbonyl (C=O) groups is 2. The van der Waals surface area contributed by atoms with E-state index in [1.54, 1.807) is 29.2 Å². The van der Waals surface area contributed by atoms with Crippen LogP contribution >= 0.6 is 11.6 Å². The first kappa shape index (κ1) is 24.4. The Hall–Kier alpha value is -2.71. The van der Waals surface area contributed by atoms with Gasteiger partial charge in [0.05, 0.1) is 19.8 Å². The molecule has 0 radical (unpaired) electrons. The third-order valence-corrected chi connectivity index (χ3v) is 6.63. The molecule has 9 heteroatoms. The van der Waals surface area contributed by atoms with Gasteiger partial charge in [0.1, 0.15) is 22.9 Å². The summed E-state index contributed by atoms with van der Waals surface area (Å²) in [5.74, 6) is -1.98. The number of rotatable bonds is 6. The van der Waals surface area contributed by atoms with Gasteiger partial charge >= 0.3 is 0 Å². The third-order valence-electron chi connectivity index (χ3n) is 6.37. The van der Waals surface area contributed by atoms with Crippen LogP contribution < -0.4 is 4.74 Å². The average molecular weight is 493 g/mol. The van der Waals surface area contributed by atoms with Crippen LogP contribution in [0.5, 0.6) is 5.75 Å². The van der Waals surface area contributed by atoms with Gasteiger partial charge < -0.3 is 19.3 Å². The molecular formula is C25H27ClF2N2O4. The maximum atomic E-state index is 14.3. The van der Waals surface area contributed by atoms with Crippen molar-refractivity contribution in [2.45, 2.75) is 19.3 Å². The number of nitrogens with zero attached hydrogens (tertiary/aromatic N) is 2. The Labute approximate surface area is 202 Å². The number of morpholine rings is 1. The highest BCUT2D eigenvalue weighted by atomic mass is 35.5. The second kappa shape index (κ2) is 10.7. The lowest BCUT2D eigenvalue weighted by Crippen LogP contribution is -2.52. The topological polar surface area (TPSA) is 59.1 Å². The molecule has 0 saturated carbocycles. The quantitative estimate of drug-likeness (QED) is 0.607. The van der Waals surface area contributed by atoms with Crippen molar-refractivity contribution in [2.24, 2.45) is 5.41 Å². The number of carbonyl (C=O) groups excluding carboxylic acids is 2. The van der Waals surface area contributed by atoms with E-state index in [4.69, 9.17) is 21.1 Å². The number of hydrogen-bond donors (Lipinski definition) is 0. The van der Waals surface area contributed by atoms with E-state index in [0.717, 1.165) is 12.1 Å². The molecule has 0 unspecified atom stereocenters. The maximum absolute atomic E-state index is 14.3. The van der Waals surface area contributed by atoms with Gasteiger partial charge in [-0.2, -0.15) is 0 Å². The van der Waals surface area contributed by atoms with Crippen molar-refractivity contribution in [3.05, 3.63) is 64.7 Å². The summed E-state index contributed by atoms with van der Waals surface area (Å²) < 4.78 is 40.0. The molecule has 2 heterocycles. The van der Waals surface area contributed by atoms with Gasteiger partial charge in [0.2, 0.25) is 5.91 Å². The van der Waals surface area contributed by atoms with E-state index in [1.165, 1.54) is 11.0 Å². The van der Waals surface area contributed by atoms with Crippen LogP contribution in [0.3, 0.4) is 0 Å². The number of likely N-dealkylation sites (tertiary alicyclic amines) is 1. The van der Waals surface area contributed by atoms with Crippen molar-refractivity contribution in [1.82, 2.24) is 9.80 Å². The van der Waals surface area contributed by atoms with Crippen LogP contribution in [0.25, 0.3) is 0 Å². The van der Waals surface area contributed by atoms with E-state index in [2.05, 4.69) is 0 Å². The number of halogens is 3. The molecule has 34 heavy (non-hydrogen) atoms. The Morgan fingerprint density at radius 2 is 1.68 bits per heavy atom. The largest absolute Gasteiger partial charge is 0.493 e. The maximum Gasteiger partial charge on any atom is 0.259 e. The Balaban J connectivity index is 1.56. The van der Waals surface area contributed by atoms with Crippen LogP contribution in [0, 0.1) is 17.0 Å². The zero-order valence-corrected chi connectivity index (χ0v) is 19.5. The van der Waals surface area contributed by atoms with Gasteiger partial charge in [0, 0.05) is 43.0 Å². The van der Waals surface area contributed by atoms with E-state index in [9.17, 15) is 18.4 Å². The van der Waals surface area contributed by atoms with E-state index >= 15 is 0 Å². The molecule has 0 aromatic heterocycles. The Bertz CT molecular complexity index is 1010. The van der Waals surface area contributed by atoms with Crippen LogP contribution in [0.15, 0.2) is 42.5 Å². The van der Waals surface area contributed by atoms with Crippen molar-refractivity contribution >= 4 is 23.4 Å². The molecule has 2 fully saturated rings. The predicted octanol–water partition coefficient (Wildman–Crippen LogP) is 4.17. The van der Waals surface area contributed by atoms with E-state index in [1.807, 2.05) is 0 Å². The zero-order valence-electron chi connectivity index (χ0n) is 18.8. The van der Waals surface area contributed by atoms with Gasteiger partial charge in [0.15, 0.2) is 0 Å². The van der Waals surface area contributed by atoms with Crippen LogP contribution in [0.4, 0.5) is 8.78 Å². The minimum Gasteiger partial charge on any atom is -0.493 e. The summed E-state index contributed by atoms with van der Waals surface area (Å²) >= 11 is 5.96. The number of amides is 2. The molecule has 2 aromatic carbocycles.